The first kappa shape index (κ1) is 13.2. The zero-order valence-corrected chi connectivity index (χ0v) is 11.8. The number of rotatable bonds is 2. The Kier molecular flexibility index (Phi) is 3.83. The normalized spacial score (nSPS) is 10.1. The highest BCUT2D eigenvalue weighted by molar-refractivity contribution is 7.11. The molecule has 0 saturated heterocycles. The van der Waals surface area contributed by atoms with E-state index in [0.29, 0.717) is 26.4 Å². The van der Waals surface area contributed by atoms with Crippen LogP contribution in [0.1, 0.15) is 5.56 Å². The van der Waals surface area contributed by atoms with Gasteiger partial charge in [-0.15, -0.1) is 0 Å². The Labute approximate surface area is 122 Å². The minimum atomic E-state index is 0.164. The highest BCUT2D eigenvalue weighted by Crippen LogP contribution is 2.35. The molecular weight excluding hydrogens is 315 g/mol. The number of nitriles is 1. The van der Waals surface area contributed by atoms with Crippen molar-refractivity contribution in [1.82, 2.24) is 4.37 Å². The van der Waals surface area contributed by atoms with E-state index >= 15 is 0 Å². The average molecular weight is 320 g/mol. The lowest BCUT2D eigenvalue weighted by Gasteiger charge is -2.07. The van der Waals surface area contributed by atoms with Crippen molar-refractivity contribution in [2.24, 2.45) is 0 Å². The predicted molar refractivity (Wildman–Crippen MR) is 76.0 cm³/mol. The van der Waals surface area contributed by atoms with E-state index < -0.39 is 0 Å². The molecule has 2 aromatic rings. The third kappa shape index (κ3) is 2.47. The van der Waals surface area contributed by atoms with Crippen LogP contribution in [0.4, 0.5) is 16.4 Å². The van der Waals surface area contributed by atoms with Crippen molar-refractivity contribution in [1.29, 1.82) is 5.26 Å². The molecule has 0 unspecified atom stereocenters. The van der Waals surface area contributed by atoms with E-state index in [1.54, 1.807) is 12.1 Å². The Bertz CT molecular complexity index is 624. The lowest BCUT2D eigenvalue weighted by molar-refractivity contribution is 1.47. The number of nitrogens with zero attached hydrogens (tertiary/aromatic N) is 2. The molecule has 0 fully saturated rings. The number of aromatic nitrogens is 1. The van der Waals surface area contributed by atoms with E-state index in [1.807, 2.05) is 6.07 Å². The van der Waals surface area contributed by atoms with Gasteiger partial charge in [-0.1, -0.05) is 34.8 Å². The maximum Gasteiger partial charge on any atom is 0.162 e. The first-order valence-electron chi connectivity index (χ1n) is 4.59. The van der Waals surface area contributed by atoms with Crippen molar-refractivity contribution in [3.63, 3.8) is 0 Å². The topological polar surface area (TPSA) is 74.7 Å². The molecule has 3 N–H and O–H groups in total. The van der Waals surface area contributed by atoms with Gasteiger partial charge in [0.25, 0.3) is 0 Å². The Morgan fingerprint density at radius 2 is 1.89 bits per heavy atom. The SMILES string of the molecule is N#Cc1c(Cl)nsc1Nc1cc(Cl)c(N)c(Cl)c1. The molecule has 0 radical (unpaired) electrons. The molecule has 1 heterocycles. The molecule has 92 valence electrons. The van der Waals surface area contributed by atoms with Gasteiger partial charge in [0.15, 0.2) is 5.15 Å². The van der Waals surface area contributed by atoms with Crippen molar-refractivity contribution >= 4 is 62.7 Å². The standard InChI is InChI=1S/C10H5Cl3N4S/c11-6-1-4(2-7(12)8(6)15)16-10-5(3-14)9(13)17-18-10/h1-2,16H,15H2. The number of benzene rings is 1. The van der Waals surface area contributed by atoms with Gasteiger partial charge in [0.2, 0.25) is 0 Å². The summed E-state index contributed by atoms with van der Waals surface area (Å²) in [6, 6.07) is 5.18. The van der Waals surface area contributed by atoms with Crippen LogP contribution < -0.4 is 11.1 Å². The number of hydrogen-bond acceptors (Lipinski definition) is 5. The number of halogens is 3. The van der Waals surface area contributed by atoms with Crippen LogP contribution in [-0.2, 0) is 0 Å². The van der Waals surface area contributed by atoms with Crippen molar-refractivity contribution in [3.8, 4) is 6.07 Å². The average Bonchev–Trinajstić information content (AvgIpc) is 2.66. The lowest BCUT2D eigenvalue weighted by Crippen LogP contribution is -1.93. The molecule has 0 amide bonds. The Morgan fingerprint density at radius 1 is 1.28 bits per heavy atom. The molecule has 8 heteroatoms. The first-order valence-corrected chi connectivity index (χ1v) is 6.50. The maximum absolute atomic E-state index is 8.94. The molecule has 0 aliphatic carbocycles. The molecular formula is C10H5Cl3N4S. The van der Waals surface area contributed by atoms with Crippen molar-refractivity contribution in [2.45, 2.75) is 0 Å². The quantitative estimate of drug-likeness (QED) is 0.809. The van der Waals surface area contributed by atoms with Gasteiger partial charge in [0.1, 0.15) is 16.6 Å². The zero-order valence-electron chi connectivity index (χ0n) is 8.67. The van der Waals surface area contributed by atoms with Gasteiger partial charge >= 0.3 is 0 Å². The molecule has 4 nitrogen and oxygen atoms in total. The third-order valence-corrected chi connectivity index (χ3v) is 3.86. The first-order chi connectivity index (χ1) is 8.52. The summed E-state index contributed by atoms with van der Waals surface area (Å²) in [5.74, 6) is 0. The van der Waals surface area contributed by atoms with E-state index in [4.69, 9.17) is 45.8 Å². The van der Waals surface area contributed by atoms with Gasteiger partial charge < -0.3 is 11.1 Å². The van der Waals surface area contributed by atoms with Crippen LogP contribution in [-0.4, -0.2) is 4.37 Å². The van der Waals surface area contributed by atoms with Gasteiger partial charge in [-0.05, 0) is 23.7 Å². The summed E-state index contributed by atoms with van der Waals surface area (Å²) in [4.78, 5) is 0. The second-order valence-corrected chi connectivity index (χ2v) is 5.21. The summed E-state index contributed by atoms with van der Waals surface area (Å²) in [5.41, 5.74) is 6.83. The summed E-state index contributed by atoms with van der Waals surface area (Å²) in [6.45, 7) is 0. The Balaban J connectivity index is 2.38. The van der Waals surface area contributed by atoms with Crippen molar-refractivity contribution in [3.05, 3.63) is 32.9 Å². The van der Waals surface area contributed by atoms with Gasteiger partial charge in [0.05, 0.1) is 15.7 Å². The van der Waals surface area contributed by atoms with Crippen molar-refractivity contribution < 1.29 is 0 Å². The predicted octanol–water partition coefficient (Wildman–Crippen LogP) is 4.30. The molecule has 0 atom stereocenters. The molecule has 2 rings (SSSR count). The van der Waals surface area contributed by atoms with Crippen LogP contribution in [0.5, 0.6) is 0 Å². The minimum Gasteiger partial charge on any atom is -0.396 e. The zero-order chi connectivity index (χ0) is 13.3. The Hall–Kier alpha value is -1.19. The Morgan fingerprint density at radius 3 is 2.44 bits per heavy atom. The van der Waals surface area contributed by atoms with Gasteiger partial charge in [-0.2, -0.15) is 9.64 Å². The molecule has 0 bridgehead atoms. The summed E-state index contributed by atoms with van der Waals surface area (Å²) in [7, 11) is 0. The van der Waals surface area contributed by atoms with E-state index in [9.17, 15) is 0 Å². The highest BCUT2D eigenvalue weighted by Gasteiger charge is 2.13. The van der Waals surface area contributed by atoms with E-state index in [1.165, 1.54) is 0 Å². The van der Waals surface area contributed by atoms with Crippen LogP contribution >= 0.6 is 46.3 Å². The fourth-order valence-corrected chi connectivity index (χ4v) is 2.68. The van der Waals surface area contributed by atoms with Gasteiger partial charge in [-0.25, -0.2) is 0 Å². The molecule has 0 aliphatic heterocycles. The largest absolute Gasteiger partial charge is 0.396 e. The fourth-order valence-electron chi connectivity index (χ4n) is 1.24. The molecule has 1 aromatic heterocycles. The van der Waals surface area contributed by atoms with E-state index in [2.05, 4.69) is 9.69 Å². The summed E-state index contributed by atoms with van der Waals surface area (Å²) in [6.07, 6.45) is 0. The van der Waals surface area contributed by atoms with Crippen LogP contribution in [0.3, 0.4) is 0 Å². The van der Waals surface area contributed by atoms with Gasteiger partial charge in [-0.3, -0.25) is 0 Å². The maximum atomic E-state index is 8.94. The second-order valence-electron chi connectivity index (χ2n) is 3.27. The highest BCUT2D eigenvalue weighted by atomic mass is 35.5. The van der Waals surface area contributed by atoms with E-state index in [0.717, 1.165) is 11.5 Å². The summed E-state index contributed by atoms with van der Waals surface area (Å²) in [5, 5.41) is 13.3. The molecule has 0 saturated carbocycles. The van der Waals surface area contributed by atoms with Gasteiger partial charge in [0, 0.05) is 5.69 Å². The molecule has 1 aromatic carbocycles. The third-order valence-electron chi connectivity index (χ3n) is 2.10. The minimum absolute atomic E-state index is 0.164. The lowest BCUT2D eigenvalue weighted by atomic mass is 10.2. The van der Waals surface area contributed by atoms with Crippen molar-refractivity contribution in [2.75, 3.05) is 11.1 Å². The van der Waals surface area contributed by atoms with Crippen LogP contribution in [0.25, 0.3) is 0 Å². The number of hydrogen-bond donors (Lipinski definition) is 2. The number of nitrogens with one attached hydrogen (secondary N) is 1. The second kappa shape index (κ2) is 5.21. The summed E-state index contributed by atoms with van der Waals surface area (Å²) < 4.78 is 3.88. The number of nitrogen functional groups attached to an aromatic ring is 1. The summed E-state index contributed by atoms with van der Waals surface area (Å²) >= 11 is 18.7. The number of anilines is 3. The van der Waals surface area contributed by atoms with Crippen LogP contribution in [0.15, 0.2) is 12.1 Å². The molecule has 0 spiro atoms. The van der Waals surface area contributed by atoms with Crippen LogP contribution in [0.2, 0.25) is 15.2 Å². The molecule has 0 aliphatic rings. The fraction of sp³-hybridized carbons (Fsp3) is 0. The molecule has 18 heavy (non-hydrogen) atoms. The smallest absolute Gasteiger partial charge is 0.162 e. The van der Waals surface area contributed by atoms with E-state index in [-0.39, 0.29) is 10.7 Å². The van der Waals surface area contributed by atoms with Crippen LogP contribution in [0, 0.1) is 11.3 Å². The number of nitrogens with two attached hydrogens (primary N) is 1. The monoisotopic (exact) mass is 318 g/mol.